The molecule has 0 bridgehead atoms. The van der Waals surface area contributed by atoms with Crippen LogP contribution in [0.1, 0.15) is 32.6 Å². The van der Waals surface area contributed by atoms with Crippen LogP contribution in [0.4, 0.5) is 0 Å². The summed E-state index contributed by atoms with van der Waals surface area (Å²) in [6, 6.07) is 14.6. The molecular formula is C18H25NO. The topological polar surface area (TPSA) is 21.3 Å². The van der Waals surface area contributed by atoms with E-state index in [1.54, 1.807) is 0 Å². The average Bonchev–Trinajstić information content (AvgIpc) is 2.50. The SMILES string of the molecule is CCCCCCNCCOc1cccc2ccccc12. The van der Waals surface area contributed by atoms with E-state index in [1.807, 2.05) is 6.07 Å². The zero-order chi connectivity index (χ0) is 14.0. The van der Waals surface area contributed by atoms with Crippen LogP contribution in [0.25, 0.3) is 10.8 Å². The van der Waals surface area contributed by atoms with Gasteiger partial charge < -0.3 is 10.1 Å². The van der Waals surface area contributed by atoms with Gasteiger partial charge in [-0.3, -0.25) is 0 Å². The Morgan fingerprint density at radius 1 is 0.900 bits per heavy atom. The highest BCUT2D eigenvalue weighted by atomic mass is 16.5. The van der Waals surface area contributed by atoms with E-state index < -0.39 is 0 Å². The number of unbranched alkanes of at least 4 members (excludes halogenated alkanes) is 3. The summed E-state index contributed by atoms with van der Waals surface area (Å²) >= 11 is 0. The first kappa shape index (κ1) is 14.9. The van der Waals surface area contributed by atoms with Gasteiger partial charge in [-0.15, -0.1) is 0 Å². The molecule has 2 aromatic carbocycles. The number of fused-ring (bicyclic) bond motifs is 1. The van der Waals surface area contributed by atoms with Crippen LogP contribution in [-0.4, -0.2) is 19.7 Å². The third-order valence-electron chi connectivity index (χ3n) is 3.49. The maximum Gasteiger partial charge on any atom is 0.127 e. The van der Waals surface area contributed by atoms with Crippen molar-refractivity contribution in [2.75, 3.05) is 19.7 Å². The molecule has 108 valence electrons. The molecule has 0 fully saturated rings. The predicted molar refractivity (Wildman–Crippen MR) is 86.5 cm³/mol. The van der Waals surface area contributed by atoms with Crippen molar-refractivity contribution in [2.45, 2.75) is 32.6 Å². The summed E-state index contributed by atoms with van der Waals surface area (Å²) in [5.74, 6) is 0.982. The summed E-state index contributed by atoms with van der Waals surface area (Å²) in [5, 5.41) is 5.86. The van der Waals surface area contributed by atoms with Crippen LogP contribution in [0.15, 0.2) is 42.5 Å². The van der Waals surface area contributed by atoms with E-state index in [0.717, 1.165) is 25.4 Å². The summed E-state index contributed by atoms with van der Waals surface area (Å²) in [5.41, 5.74) is 0. The molecule has 1 N–H and O–H groups in total. The zero-order valence-corrected chi connectivity index (χ0v) is 12.4. The molecule has 0 spiro atoms. The summed E-state index contributed by atoms with van der Waals surface area (Å²) in [6.07, 6.45) is 5.23. The number of hydrogen-bond acceptors (Lipinski definition) is 2. The van der Waals surface area contributed by atoms with Gasteiger partial charge in [0.1, 0.15) is 12.4 Å². The summed E-state index contributed by atoms with van der Waals surface area (Å²) in [6.45, 7) is 4.97. The van der Waals surface area contributed by atoms with Crippen LogP contribution in [-0.2, 0) is 0 Å². The highest BCUT2D eigenvalue weighted by Gasteiger charge is 2.00. The first-order valence-electron chi connectivity index (χ1n) is 7.73. The van der Waals surface area contributed by atoms with E-state index in [0.29, 0.717) is 0 Å². The Morgan fingerprint density at radius 3 is 2.65 bits per heavy atom. The minimum atomic E-state index is 0.724. The van der Waals surface area contributed by atoms with E-state index in [4.69, 9.17) is 4.74 Å². The van der Waals surface area contributed by atoms with Gasteiger partial charge in [-0.2, -0.15) is 0 Å². The predicted octanol–water partition coefficient (Wildman–Crippen LogP) is 4.39. The summed E-state index contributed by atoms with van der Waals surface area (Å²) < 4.78 is 5.88. The minimum absolute atomic E-state index is 0.724. The number of rotatable bonds is 9. The number of hydrogen-bond donors (Lipinski definition) is 1. The van der Waals surface area contributed by atoms with Crippen molar-refractivity contribution in [1.29, 1.82) is 0 Å². The third-order valence-corrected chi connectivity index (χ3v) is 3.49. The van der Waals surface area contributed by atoms with Crippen LogP contribution in [0.2, 0.25) is 0 Å². The Hall–Kier alpha value is -1.54. The molecule has 0 saturated heterocycles. The van der Waals surface area contributed by atoms with Crippen LogP contribution in [0, 0.1) is 0 Å². The first-order valence-corrected chi connectivity index (χ1v) is 7.73. The normalized spacial score (nSPS) is 10.8. The van der Waals surface area contributed by atoms with Gasteiger partial charge >= 0.3 is 0 Å². The minimum Gasteiger partial charge on any atom is -0.492 e. The molecule has 0 aromatic heterocycles. The highest BCUT2D eigenvalue weighted by Crippen LogP contribution is 2.24. The van der Waals surface area contributed by atoms with Crippen molar-refractivity contribution in [2.24, 2.45) is 0 Å². The van der Waals surface area contributed by atoms with Crippen molar-refractivity contribution in [1.82, 2.24) is 5.32 Å². The second-order valence-corrected chi connectivity index (χ2v) is 5.14. The molecule has 0 saturated carbocycles. The van der Waals surface area contributed by atoms with Gasteiger partial charge in [0.25, 0.3) is 0 Å². The first-order chi connectivity index (χ1) is 9.92. The van der Waals surface area contributed by atoms with Crippen molar-refractivity contribution >= 4 is 10.8 Å². The van der Waals surface area contributed by atoms with E-state index in [-0.39, 0.29) is 0 Å². The van der Waals surface area contributed by atoms with Gasteiger partial charge in [0, 0.05) is 11.9 Å². The highest BCUT2D eigenvalue weighted by molar-refractivity contribution is 5.88. The lowest BCUT2D eigenvalue weighted by Gasteiger charge is -2.10. The Kier molecular flexibility index (Phi) is 6.39. The average molecular weight is 271 g/mol. The van der Waals surface area contributed by atoms with Crippen molar-refractivity contribution < 1.29 is 4.74 Å². The lowest BCUT2D eigenvalue weighted by molar-refractivity contribution is 0.317. The molecule has 0 atom stereocenters. The summed E-state index contributed by atoms with van der Waals surface area (Å²) in [4.78, 5) is 0. The lowest BCUT2D eigenvalue weighted by Crippen LogP contribution is -2.22. The molecule has 2 heteroatoms. The molecule has 2 rings (SSSR count). The molecule has 0 aliphatic rings. The Morgan fingerprint density at radius 2 is 1.75 bits per heavy atom. The van der Waals surface area contributed by atoms with Crippen molar-refractivity contribution in [3.63, 3.8) is 0 Å². The van der Waals surface area contributed by atoms with Crippen molar-refractivity contribution in [3.05, 3.63) is 42.5 Å². The molecule has 0 unspecified atom stereocenters. The molecule has 20 heavy (non-hydrogen) atoms. The standard InChI is InChI=1S/C18H25NO/c1-2-3-4-7-13-19-14-15-20-18-12-8-10-16-9-5-6-11-17(16)18/h5-6,8-12,19H,2-4,7,13-15H2,1H3. The maximum atomic E-state index is 5.88. The Balaban J connectivity index is 1.71. The molecule has 2 aromatic rings. The molecule has 0 aliphatic heterocycles. The van der Waals surface area contributed by atoms with E-state index >= 15 is 0 Å². The van der Waals surface area contributed by atoms with Gasteiger partial charge in [-0.05, 0) is 24.4 Å². The van der Waals surface area contributed by atoms with Crippen LogP contribution >= 0.6 is 0 Å². The quantitative estimate of drug-likeness (QED) is 0.683. The van der Waals surface area contributed by atoms with Gasteiger partial charge in [0.15, 0.2) is 0 Å². The molecule has 0 radical (unpaired) electrons. The largest absolute Gasteiger partial charge is 0.492 e. The number of ether oxygens (including phenoxy) is 1. The van der Waals surface area contributed by atoms with Crippen molar-refractivity contribution in [3.8, 4) is 5.75 Å². The van der Waals surface area contributed by atoms with Gasteiger partial charge in [0.2, 0.25) is 0 Å². The lowest BCUT2D eigenvalue weighted by atomic mass is 10.1. The zero-order valence-electron chi connectivity index (χ0n) is 12.4. The molecular weight excluding hydrogens is 246 g/mol. The monoisotopic (exact) mass is 271 g/mol. The Bertz CT molecular complexity index is 504. The number of benzene rings is 2. The smallest absolute Gasteiger partial charge is 0.127 e. The second kappa shape index (κ2) is 8.60. The summed E-state index contributed by atoms with van der Waals surface area (Å²) in [7, 11) is 0. The molecule has 0 amide bonds. The molecule has 2 nitrogen and oxygen atoms in total. The van der Waals surface area contributed by atoms with E-state index in [1.165, 1.54) is 36.5 Å². The molecule has 0 heterocycles. The van der Waals surface area contributed by atoms with E-state index in [9.17, 15) is 0 Å². The van der Waals surface area contributed by atoms with Crippen LogP contribution in [0.3, 0.4) is 0 Å². The molecule has 0 aliphatic carbocycles. The van der Waals surface area contributed by atoms with Crippen LogP contribution in [0.5, 0.6) is 5.75 Å². The number of nitrogens with one attached hydrogen (secondary N) is 1. The fourth-order valence-electron chi connectivity index (χ4n) is 2.36. The third kappa shape index (κ3) is 4.53. The van der Waals surface area contributed by atoms with Gasteiger partial charge in [-0.1, -0.05) is 62.6 Å². The van der Waals surface area contributed by atoms with Gasteiger partial charge in [-0.25, -0.2) is 0 Å². The fraction of sp³-hybridized carbons (Fsp3) is 0.444. The van der Waals surface area contributed by atoms with E-state index in [2.05, 4.69) is 48.6 Å². The van der Waals surface area contributed by atoms with Crippen LogP contribution < -0.4 is 10.1 Å². The van der Waals surface area contributed by atoms with Gasteiger partial charge in [0.05, 0.1) is 0 Å². The maximum absolute atomic E-state index is 5.88. The Labute approximate surface area is 122 Å². The fourth-order valence-corrected chi connectivity index (χ4v) is 2.36. The second-order valence-electron chi connectivity index (χ2n) is 5.14.